The largest absolute Gasteiger partial charge is 0.334 e. The molecule has 2 aromatic carbocycles. The Labute approximate surface area is 176 Å². The summed E-state index contributed by atoms with van der Waals surface area (Å²) in [5.74, 6) is -0.784. The second-order valence-corrected chi connectivity index (χ2v) is 9.69. The van der Waals surface area contributed by atoms with Gasteiger partial charge < -0.3 is 4.90 Å². The second-order valence-electron chi connectivity index (χ2n) is 6.60. The molecule has 0 atom stereocenters. The van der Waals surface area contributed by atoms with Crippen LogP contribution in [-0.2, 0) is 23.0 Å². The number of benzene rings is 2. The summed E-state index contributed by atoms with van der Waals surface area (Å²) in [7, 11) is -3.97. The van der Waals surface area contributed by atoms with Crippen molar-refractivity contribution in [3.8, 4) is 0 Å². The van der Waals surface area contributed by atoms with Gasteiger partial charge in [0.15, 0.2) is 0 Å². The van der Waals surface area contributed by atoms with Gasteiger partial charge in [0.25, 0.3) is 15.9 Å². The van der Waals surface area contributed by atoms with E-state index < -0.39 is 15.8 Å². The number of nitrogens with zero attached hydrogens (tertiary/aromatic N) is 1. The van der Waals surface area contributed by atoms with Crippen molar-refractivity contribution in [1.82, 2.24) is 4.90 Å². The number of amides is 1. The third-order valence-electron chi connectivity index (χ3n) is 4.67. The van der Waals surface area contributed by atoms with Crippen molar-refractivity contribution >= 4 is 44.6 Å². The highest BCUT2D eigenvalue weighted by molar-refractivity contribution is 7.92. The van der Waals surface area contributed by atoms with Crippen LogP contribution in [0.2, 0.25) is 5.02 Å². The minimum Gasteiger partial charge on any atom is -0.334 e. The van der Waals surface area contributed by atoms with Gasteiger partial charge in [0.1, 0.15) is 5.82 Å². The molecule has 1 aromatic heterocycles. The minimum atomic E-state index is -3.97. The Kier molecular flexibility index (Phi) is 5.33. The van der Waals surface area contributed by atoms with Gasteiger partial charge in [-0.2, -0.15) is 0 Å². The maximum Gasteiger partial charge on any atom is 0.261 e. The number of rotatable bonds is 4. The van der Waals surface area contributed by atoms with E-state index in [-0.39, 0.29) is 27.1 Å². The quantitative estimate of drug-likeness (QED) is 0.634. The lowest BCUT2D eigenvalue weighted by Crippen LogP contribution is -2.35. The number of hydrogen-bond donors (Lipinski definition) is 1. The molecule has 1 aliphatic heterocycles. The predicted molar refractivity (Wildman–Crippen MR) is 111 cm³/mol. The van der Waals surface area contributed by atoms with E-state index in [4.69, 9.17) is 11.6 Å². The average Bonchev–Trinajstić information content (AvgIpc) is 3.17. The lowest BCUT2D eigenvalue weighted by molar-refractivity contribution is 0.0736. The molecule has 0 spiro atoms. The van der Waals surface area contributed by atoms with Crippen LogP contribution in [0.4, 0.5) is 10.1 Å². The molecule has 5 nitrogen and oxygen atoms in total. The summed E-state index contributed by atoms with van der Waals surface area (Å²) in [4.78, 5) is 15.9. The van der Waals surface area contributed by atoms with Gasteiger partial charge in [-0.15, -0.1) is 11.3 Å². The van der Waals surface area contributed by atoms with Gasteiger partial charge >= 0.3 is 0 Å². The van der Waals surface area contributed by atoms with E-state index in [0.717, 1.165) is 24.1 Å². The smallest absolute Gasteiger partial charge is 0.261 e. The molecular formula is C20H16ClFN2O3S2. The molecule has 0 aliphatic carbocycles. The number of sulfonamides is 1. The van der Waals surface area contributed by atoms with Crippen LogP contribution >= 0.6 is 22.9 Å². The number of anilines is 1. The van der Waals surface area contributed by atoms with Crippen molar-refractivity contribution in [2.24, 2.45) is 0 Å². The fourth-order valence-electron chi connectivity index (χ4n) is 3.16. The standard InChI is InChI=1S/C20H16ClFN2O3S2/c21-18-6-5-16(29(26,27)23-15-3-1-14(22)2-4-15)11-17(18)20(25)24-9-7-19-13(12-24)8-10-28-19/h1-6,8,10-11,23H,7,9,12H2. The summed E-state index contributed by atoms with van der Waals surface area (Å²) < 4.78 is 40.8. The first-order valence-electron chi connectivity index (χ1n) is 8.76. The Morgan fingerprint density at radius 2 is 1.90 bits per heavy atom. The van der Waals surface area contributed by atoms with Crippen molar-refractivity contribution in [3.05, 3.63) is 80.8 Å². The fraction of sp³-hybridized carbons (Fsp3) is 0.150. The van der Waals surface area contributed by atoms with Crippen LogP contribution < -0.4 is 4.72 Å². The van der Waals surface area contributed by atoms with Crippen LogP contribution in [0.5, 0.6) is 0 Å². The van der Waals surface area contributed by atoms with Crippen molar-refractivity contribution in [2.75, 3.05) is 11.3 Å². The molecular weight excluding hydrogens is 435 g/mol. The number of nitrogens with one attached hydrogen (secondary N) is 1. The lowest BCUT2D eigenvalue weighted by Gasteiger charge is -2.27. The number of carbonyl (C=O) groups excluding carboxylic acids is 1. The van der Waals surface area contributed by atoms with Gasteiger partial charge in [-0.1, -0.05) is 11.6 Å². The molecule has 1 amide bonds. The first-order chi connectivity index (χ1) is 13.8. The van der Waals surface area contributed by atoms with Gasteiger partial charge in [0, 0.05) is 23.7 Å². The second kappa shape index (κ2) is 7.78. The first kappa shape index (κ1) is 19.9. The highest BCUT2D eigenvalue weighted by Crippen LogP contribution is 2.28. The summed E-state index contributed by atoms with van der Waals surface area (Å²) in [6.45, 7) is 1.02. The lowest BCUT2D eigenvalue weighted by atomic mass is 10.1. The van der Waals surface area contributed by atoms with Gasteiger partial charge in [-0.3, -0.25) is 9.52 Å². The number of hydrogen-bond acceptors (Lipinski definition) is 4. The summed E-state index contributed by atoms with van der Waals surface area (Å²) in [5, 5.41) is 2.19. The third kappa shape index (κ3) is 4.14. The molecule has 4 rings (SSSR count). The van der Waals surface area contributed by atoms with E-state index >= 15 is 0 Å². The predicted octanol–water partition coefficient (Wildman–Crippen LogP) is 4.54. The van der Waals surface area contributed by atoms with Crippen LogP contribution in [0.25, 0.3) is 0 Å². The minimum absolute atomic E-state index is 0.0946. The maximum atomic E-state index is 13.0. The zero-order valence-corrected chi connectivity index (χ0v) is 17.5. The first-order valence-corrected chi connectivity index (χ1v) is 11.5. The van der Waals surface area contributed by atoms with E-state index in [2.05, 4.69) is 4.72 Å². The van der Waals surface area contributed by atoms with E-state index in [1.54, 1.807) is 16.2 Å². The number of thiophene rings is 1. The highest BCUT2D eigenvalue weighted by atomic mass is 35.5. The van der Waals surface area contributed by atoms with Crippen LogP contribution in [0.15, 0.2) is 58.8 Å². The van der Waals surface area contributed by atoms with E-state index in [1.807, 2.05) is 11.4 Å². The van der Waals surface area contributed by atoms with Crippen molar-refractivity contribution in [2.45, 2.75) is 17.9 Å². The Hall–Kier alpha value is -2.42. The van der Waals surface area contributed by atoms with E-state index in [0.29, 0.717) is 13.1 Å². The molecule has 0 fully saturated rings. The third-order valence-corrected chi connectivity index (χ3v) is 7.40. The zero-order valence-electron chi connectivity index (χ0n) is 15.1. The average molecular weight is 451 g/mol. The number of fused-ring (bicyclic) bond motifs is 1. The summed E-state index contributed by atoms with van der Waals surface area (Å²) in [6.07, 6.45) is 0.764. The van der Waals surface area contributed by atoms with E-state index in [1.165, 1.54) is 35.2 Å². The highest BCUT2D eigenvalue weighted by Gasteiger charge is 2.26. The Morgan fingerprint density at radius 1 is 1.14 bits per heavy atom. The molecule has 0 unspecified atom stereocenters. The fourth-order valence-corrected chi connectivity index (χ4v) is 5.33. The van der Waals surface area contributed by atoms with Crippen molar-refractivity contribution < 1.29 is 17.6 Å². The van der Waals surface area contributed by atoms with Crippen molar-refractivity contribution in [1.29, 1.82) is 0 Å². The monoisotopic (exact) mass is 450 g/mol. The Bertz CT molecular complexity index is 1180. The number of halogens is 2. The van der Waals surface area contributed by atoms with Crippen LogP contribution in [0.3, 0.4) is 0 Å². The summed E-state index contributed by atoms with van der Waals surface area (Å²) in [6, 6.07) is 11.0. The maximum absolute atomic E-state index is 13.0. The zero-order chi connectivity index (χ0) is 20.6. The SMILES string of the molecule is O=C(c1cc(S(=O)(=O)Nc2ccc(F)cc2)ccc1Cl)N1CCc2sccc2C1. The molecule has 0 saturated carbocycles. The van der Waals surface area contributed by atoms with Gasteiger partial charge in [-0.25, -0.2) is 12.8 Å². The molecule has 150 valence electrons. The van der Waals surface area contributed by atoms with Gasteiger partial charge in [0.05, 0.1) is 15.5 Å². The van der Waals surface area contributed by atoms with Gasteiger partial charge in [0.2, 0.25) is 0 Å². The normalized spacial score (nSPS) is 13.8. The molecule has 9 heteroatoms. The summed E-state index contributed by atoms with van der Waals surface area (Å²) >= 11 is 7.89. The van der Waals surface area contributed by atoms with E-state index in [9.17, 15) is 17.6 Å². The molecule has 29 heavy (non-hydrogen) atoms. The molecule has 1 aliphatic rings. The van der Waals surface area contributed by atoms with Crippen LogP contribution in [-0.4, -0.2) is 25.8 Å². The molecule has 0 saturated heterocycles. The Morgan fingerprint density at radius 3 is 2.66 bits per heavy atom. The van der Waals surface area contributed by atoms with Crippen LogP contribution in [0.1, 0.15) is 20.8 Å². The number of carbonyl (C=O) groups is 1. The topological polar surface area (TPSA) is 66.5 Å². The van der Waals surface area contributed by atoms with Gasteiger partial charge in [-0.05, 0) is 65.9 Å². The molecule has 0 radical (unpaired) electrons. The van der Waals surface area contributed by atoms with Crippen LogP contribution in [0, 0.1) is 5.82 Å². The molecule has 3 aromatic rings. The molecule has 1 N–H and O–H groups in total. The Balaban J connectivity index is 1.60. The molecule has 2 heterocycles. The van der Waals surface area contributed by atoms with Crippen molar-refractivity contribution in [3.63, 3.8) is 0 Å². The summed E-state index contributed by atoms with van der Waals surface area (Å²) in [5.41, 5.74) is 1.45. The molecule has 0 bridgehead atoms.